The van der Waals surface area contributed by atoms with Gasteiger partial charge >= 0.3 is 0 Å². The smallest absolute Gasteiger partial charge is 0.255 e. The van der Waals surface area contributed by atoms with Gasteiger partial charge in [-0.3, -0.25) is 4.79 Å². The van der Waals surface area contributed by atoms with Crippen LogP contribution in [-0.2, 0) is 0 Å². The Hall–Kier alpha value is -0.940. The third-order valence-electron chi connectivity index (χ3n) is 3.11. The fourth-order valence-electron chi connectivity index (χ4n) is 1.85. The maximum absolute atomic E-state index is 13.5. The van der Waals surface area contributed by atoms with Crippen LogP contribution >= 0.6 is 15.9 Å². The molecule has 0 unspecified atom stereocenters. The zero-order chi connectivity index (χ0) is 13.1. The molecule has 18 heavy (non-hydrogen) atoms. The van der Waals surface area contributed by atoms with Crippen molar-refractivity contribution in [2.45, 2.75) is 18.9 Å². The molecule has 1 fully saturated rings. The summed E-state index contributed by atoms with van der Waals surface area (Å²) in [6.45, 7) is 1.33. The van der Waals surface area contributed by atoms with Gasteiger partial charge in [-0.2, -0.15) is 0 Å². The zero-order valence-electron chi connectivity index (χ0n) is 10.2. The van der Waals surface area contributed by atoms with Gasteiger partial charge in [-0.25, -0.2) is 4.39 Å². The second kappa shape index (κ2) is 5.80. The Balaban J connectivity index is 1.87. The average Bonchev–Trinajstić information content (AvgIpc) is 3.12. The largest absolute Gasteiger partial charge is 0.351 e. The SMILES string of the molecule is CN(CCNC(=O)c1c(F)cccc1Br)C1CC1. The van der Waals surface area contributed by atoms with Gasteiger partial charge in [-0.15, -0.1) is 0 Å². The van der Waals surface area contributed by atoms with Crippen LogP contribution in [0.3, 0.4) is 0 Å². The normalized spacial score (nSPS) is 14.9. The van der Waals surface area contributed by atoms with Crippen LogP contribution in [0.4, 0.5) is 4.39 Å². The standard InChI is InChI=1S/C13H16BrFN2O/c1-17(9-5-6-9)8-7-16-13(18)12-10(14)3-2-4-11(12)15/h2-4,9H,5-8H2,1H3,(H,16,18). The first-order valence-electron chi connectivity index (χ1n) is 6.02. The monoisotopic (exact) mass is 314 g/mol. The molecular weight excluding hydrogens is 299 g/mol. The summed E-state index contributed by atoms with van der Waals surface area (Å²) in [7, 11) is 2.04. The number of nitrogens with zero attached hydrogens (tertiary/aromatic N) is 1. The summed E-state index contributed by atoms with van der Waals surface area (Å²) in [4.78, 5) is 14.1. The number of hydrogen-bond donors (Lipinski definition) is 1. The number of nitrogens with one attached hydrogen (secondary N) is 1. The van der Waals surface area contributed by atoms with E-state index < -0.39 is 5.82 Å². The maximum Gasteiger partial charge on any atom is 0.255 e. The van der Waals surface area contributed by atoms with Crippen LogP contribution in [0.25, 0.3) is 0 Å². The summed E-state index contributed by atoms with van der Waals surface area (Å²) in [5.74, 6) is -0.874. The second-order valence-electron chi connectivity index (χ2n) is 4.56. The lowest BCUT2D eigenvalue weighted by Crippen LogP contribution is -2.34. The number of likely N-dealkylation sites (N-methyl/N-ethyl adjacent to an activating group) is 1. The van der Waals surface area contributed by atoms with Crippen LogP contribution < -0.4 is 5.32 Å². The number of halogens is 2. The summed E-state index contributed by atoms with van der Waals surface area (Å²) in [5, 5.41) is 2.74. The van der Waals surface area contributed by atoms with E-state index in [0.29, 0.717) is 17.1 Å². The quantitative estimate of drug-likeness (QED) is 0.905. The molecular formula is C13H16BrFN2O. The van der Waals surface area contributed by atoms with Crippen molar-refractivity contribution in [3.63, 3.8) is 0 Å². The highest BCUT2D eigenvalue weighted by Crippen LogP contribution is 2.24. The second-order valence-corrected chi connectivity index (χ2v) is 5.42. The van der Waals surface area contributed by atoms with Crippen molar-refractivity contribution in [3.05, 3.63) is 34.1 Å². The summed E-state index contributed by atoms with van der Waals surface area (Å²) in [5.41, 5.74) is 0.0755. The maximum atomic E-state index is 13.5. The van der Waals surface area contributed by atoms with Gasteiger partial charge in [0.2, 0.25) is 0 Å². The van der Waals surface area contributed by atoms with Crippen molar-refractivity contribution in [2.75, 3.05) is 20.1 Å². The zero-order valence-corrected chi connectivity index (χ0v) is 11.8. The molecule has 2 rings (SSSR count). The van der Waals surface area contributed by atoms with E-state index in [1.807, 2.05) is 7.05 Å². The highest BCUT2D eigenvalue weighted by Gasteiger charge is 2.25. The van der Waals surface area contributed by atoms with E-state index in [4.69, 9.17) is 0 Å². The number of carbonyl (C=O) groups is 1. The van der Waals surface area contributed by atoms with E-state index in [1.54, 1.807) is 12.1 Å². The highest BCUT2D eigenvalue weighted by molar-refractivity contribution is 9.10. The summed E-state index contributed by atoms with van der Waals surface area (Å²) >= 11 is 3.19. The molecule has 1 N–H and O–H groups in total. The molecule has 1 aliphatic carbocycles. The summed E-state index contributed by atoms with van der Waals surface area (Å²) < 4.78 is 14.0. The minimum absolute atomic E-state index is 0.0755. The van der Waals surface area contributed by atoms with Crippen LogP contribution in [0.15, 0.2) is 22.7 Å². The summed E-state index contributed by atoms with van der Waals surface area (Å²) in [6, 6.07) is 5.18. The minimum atomic E-state index is -0.502. The number of carbonyl (C=O) groups excluding carboxylic acids is 1. The molecule has 3 nitrogen and oxygen atoms in total. The van der Waals surface area contributed by atoms with E-state index >= 15 is 0 Å². The van der Waals surface area contributed by atoms with Crippen molar-refractivity contribution >= 4 is 21.8 Å². The van der Waals surface area contributed by atoms with E-state index in [-0.39, 0.29) is 11.5 Å². The molecule has 0 heterocycles. The van der Waals surface area contributed by atoms with Crippen LogP contribution in [0.1, 0.15) is 23.2 Å². The molecule has 98 valence electrons. The first-order valence-corrected chi connectivity index (χ1v) is 6.81. The third-order valence-corrected chi connectivity index (χ3v) is 3.77. The molecule has 0 atom stereocenters. The van der Waals surface area contributed by atoms with E-state index in [1.165, 1.54) is 18.9 Å². The molecule has 1 saturated carbocycles. The van der Waals surface area contributed by atoms with Gasteiger partial charge in [0.15, 0.2) is 0 Å². The van der Waals surface area contributed by atoms with Gasteiger partial charge in [0, 0.05) is 23.6 Å². The Bertz CT molecular complexity index is 428. The van der Waals surface area contributed by atoms with E-state index in [2.05, 4.69) is 26.1 Å². The van der Waals surface area contributed by atoms with Crippen LogP contribution in [0.2, 0.25) is 0 Å². The molecule has 0 aromatic heterocycles. The van der Waals surface area contributed by atoms with Crippen LogP contribution in [0, 0.1) is 5.82 Å². The third kappa shape index (κ3) is 3.29. The van der Waals surface area contributed by atoms with Gasteiger partial charge in [-0.1, -0.05) is 6.07 Å². The number of rotatable bonds is 5. The molecule has 1 amide bonds. The molecule has 1 aromatic rings. The predicted molar refractivity (Wildman–Crippen MR) is 72.1 cm³/mol. The molecule has 0 saturated heterocycles. The fraction of sp³-hybridized carbons (Fsp3) is 0.462. The lowest BCUT2D eigenvalue weighted by molar-refractivity contribution is 0.0944. The number of benzene rings is 1. The molecule has 0 spiro atoms. The minimum Gasteiger partial charge on any atom is -0.351 e. The van der Waals surface area contributed by atoms with Gasteiger partial charge in [0.05, 0.1) is 5.56 Å². The lowest BCUT2D eigenvalue weighted by atomic mass is 10.2. The van der Waals surface area contributed by atoms with Crippen molar-refractivity contribution < 1.29 is 9.18 Å². The molecule has 1 aliphatic rings. The Labute approximate surface area is 114 Å². The lowest BCUT2D eigenvalue weighted by Gasteiger charge is -2.16. The fourth-order valence-corrected chi connectivity index (χ4v) is 2.37. The average molecular weight is 315 g/mol. The molecule has 1 aromatic carbocycles. The number of hydrogen-bond acceptors (Lipinski definition) is 2. The van der Waals surface area contributed by atoms with Gasteiger partial charge in [-0.05, 0) is 48.0 Å². The first-order chi connectivity index (χ1) is 8.59. The molecule has 5 heteroatoms. The Kier molecular flexibility index (Phi) is 4.35. The molecule has 0 aliphatic heterocycles. The van der Waals surface area contributed by atoms with Crippen molar-refractivity contribution in [3.8, 4) is 0 Å². The Morgan fingerprint density at radius 1 is 1.56 bits per heavy atom. The van der Waals surface area contributed by atoms with E-state index in [0.717, 1.165) is 6.54 Å². The number of amides is 1. The van der Waals surface area contributed by atoms with Gasteiger partial charge < -0.3 is 10.2 Å². The Morgan fingerprint density at radius 3 is 2.89 bits per heavy atom. The predicted octanol–water partition coefficient (Wildman–Crippen LogP) is 2.41. The van der Waals surface area contributed by atoms with Gasteiger partial charge in [0.1, 0.15) is 5.82 Å². The van der Waals surface area contributed by atoms with Crippen molar-refractivity contribution in [1.82, 2.24) is 10.2 Å². The van der Waals surface area contributed by atoms with Crippen LogP contribution in [-0.4, -0.2) is 37.0 Å². The van der Waals surface area contributed by atoms with Crippen molar-refractivity contribution in [1.29, 1.82) is 0 Å². The molecule has 0 bridgehead atoms. The van der Waals surface area contributed by atoms with Crippen molar-refractivity contribution in [2.24, 2.45) is 0 Å². The van der Waals surface area contributed by atoms with Crippen LogP contribution in [0.5, 0.6) is 0 Å². The highest BCUT2D eigenvalue weighted by atomic mass is 79.9. The topological polar surface area (TPSA) is 32.3 Å². The van der Waals surface area contributed by atoms with Gasteiger partial charge in [0.25, 0.3) is 5.91 Å². The van der Waals surface area contributed by atoms with E-state index in [9.17, 15) is 9.18 Å². The molecule has 0 radical (unpaired) electrons. The first kappa shape index (κ1) is 13.5. The Morgan fingerprint density at radius 2 is 2.28 bits per heavy atom. The summed E-state index contributed by atoms with van der Waals surface area (Å²) in [6.07, 6.45) is 2.48.